The topological polar surface area (TPSA) is 69.0 Å². The maximum Gasteiger partial charge on any atom is 0.303 e. The van der Waals surface area contributed by atoms with Gasteiger partial charge in [-0.2, -0.15) is 0 Å². The Kier molecular flexibility index (Phi) is 4.37. The van der Waals surface area contributed by atoms with Gasteiger partial charge < -0.3 is 13.9 Å². The number of nitrogens with one attached hydrogen (secondary N) is 1. The van der Waals surface area contributed by atoms with Crippen LogP contribution in [0.4, 0.5) is 0 Å². The summed E-state index contributed by atoms with van der Waals surface area (Å²) in [6.45, 7) is 1.46. The zero-order chi connectivity index (χ0) is 14.5. The van der Waals surface area contributed by atoms with E-state index in [2.05, 4.69) is 5.32 Å². The molecule has 2 aromatic heterocycles. The molecule has 0 amide bonds. The smallest absolute Gasteiger partial charge is 0.303 e. The maximum atomic E-state index is 12.1. The van der Waals surface area contributed by atoms with Crippen LogP contribution < -0.4 is 10.1 Å². The molecular weight excluding hydrogens is 260 g/mol. The van der Waals surface area contributed by atoms with Crippen molar-refractivity contribution in [3.05, 3.63) is 36.2 Å². The molecular formula is C14H16N2O4. The molecule has 0 radical (unpaired) electrons. The van der Waals surface area contributed by atoms with Crippen molar-refractivity contribution in [2.45, 2.75) is 6.92 Å². The molecule has 2 aromatic rings. The fraction of sp³-hybridized carbons (Fsp3) is 0.286. The number of pyridine rings is 1. The molecule has 0 aliphatic rings. The van der Waals surface area contributed by atoms with Gasteiger partial charge in [0, 0.05) is 18.7 Å². The van der Waals surface area contributed by atoms with Crippen LogP contribution in [0.5, 0.6) is 5.75 Å². The van der Waals surface area contributed by atoms with Gasteiger partial charge in [-0.1, -0.05) is 0 Å². The van der Waals surface area contributed by atoms with E-state index in [-0.39, 0.29) is 25.0 Å². The number of hydrogen-bond donors (Lipinski definition) is 1. The minimum absolute atomic E-state index is 0.0285. The molecule has 6 nitrogen and oxygen atoms in total. The Morgan fingerprint density at radius 3 is 2.80 bits per heavy atom. The van der Waals surface area contributed by atoms with Crippen molar-refractivity contribution in [3.8, 4) is 5.75 Å². The number of carbonyl (C=O) groups excluding carboxylic acids is 2. The van der Waals surface area contributed by atoms with Crippen LogP contribution in [0, 0.1) is 0 Å². The molecule has 1 N–H and O–H groups in total. The van der Waals surface area contributed by atoms with E-state index in [4.69, 9.17) is 9.47 Å². The Bertz CT molecular complexity index is 633. The Morgan fingerprint density at radius 1 is 1.30 bits per heavy atom. The van der Waals surface area contributed by atoms with E-state index >= 15 is 0 Å². The summed E-state index contributed by atoms with van der Waals surface area (Å²) in [5.41, 5.74) is 1.42. The molecule has 0 fully saturated rings. The van der Waals surface area contributed by atoms with Crippen LogP contribution >= 0.6 is 0 Å². The van der Waals surface area contributed by atoms with E-state index in [0.717, 1.165) is 11.3 Å². The minimum atomic E-state index is -0.383. The molecule has 6 heteroatoms. The third-order valence-corrected chi connectivity index (χ3v) is 2.83. The second-order valence-electron chi connectivity index (χ2n) is 4.22. The van der Waals surface area contributed by atoms with Crippen LogP contribution in [-0.4, -0.2) is 36.5 Å². The predicted octanol–water partition coefficient (Wildman–Crippen LogP) is 1.24. The molecule has 0 saturated carbocycles. The standard InChI is InChI=1S/C14H16N2O4/c1-10(17)20-9-15-7-14(18)12-5-6-16-8-11(19-2)3-4-13(12)16/h3-6,8,15H,7,9H2,1-2H3. The van der Waals surface area contributed by atoms with E-state index < -0.39 is 0 Å². The number of esters is 1. The van der Waals surface area contributed by atoms with Gasteiger partial charge in [0.15, 0.2) is 5.78 Å². The monoisotopic (exact) mass is 276 g/mol. The first-order valence-corrected chi connectivity index (χ1v) is 6.14. The van der Waals surface area contributed by atoms with Gasteiger partial charge in [-0.25, -0.2) is 0 Å². The number of hydrogen-bond acceptors (Lipinski definition) is 5. The zero-order valence-corrected chi connectivity index (χ0v) is 11.4. The molecule has 0 bridgehead atoms. The number of nitrogens with zero attached hydrogens (tertiary/aromatic N) is 1. The van der Waals surface area contributed by atoms with E-state index in [9.17, 15) is 9.59 Å². The predicted molar refractivity (Wildman–Crippen MR) is 72.9 cm³/mol. The Hall–Kier alpha value is -2.34. The highest BCUT2D eigenvalue weighted by Crippen LogP contribution is 2.18. The lowest BCUT2D eigenvalue weighted by Crippen LogP contribution is -2.26. The quantitative estimate of drug-likeness (QED) is 0.372. The number of fused-ring (bicyclic) bond motifs is 1. The molecule has 0 spiro atoms. The maximum absolute atomic E-state index is 12.1. The number of Topliss-reactive ketones (excluding diaryl/α,β-unsaturated/α-hetero) is 1. The Labute approximate surface area is 116 Å². The van der Waals surface area contributed by atoms with Crippen LogP contribution in [0.1, 0.15) is 17.3 Å². The summed E-state index contributed by atoms with van der Waals surface area (Å²) < 4.78 is 11.7. The van der Waals surface area contributed by atoms with Crippen LogP contribution in [0.15, 0.2) is 30.6 Å². The summed E-state index contributed by atoms with van der Waals surface area (Å²) in [7, 11) is 1.59. The van der Waals surface area contributed by atoms with E-state index in [1.807, 2.05) is 10.5 Å². The number of aromatic nitrogens is 1. The summed E-state index contributed by atoms with van der Waals surface area (Å²) in [6, 6.07) is 5.39. The van der Waals surface area contributed by atoms with Gasteiger partial charge in [-0.3, -0.25) is 14.9 Å². The summed E-state index contributed by atoms with van der Waals surface area (Å²) in [5, 5.41) is 2.77. The summed E-state index contributed by atoms with van der Waals surface area (Å²) >= 11 is 0. The Morgan fingerprint density at radius 2 is 2.10 bits per heavy atom. The van der Waals surface area contributed by atoms with Gasteiger partial charge in [-0.05, 0) is 18.2 Å². The number of ketones is 1. The average Bonchev–Trinajstić information content (AvgIpc) is 2.86. The third-order valence-electron chi connectivity index (χ3n) is 2.83. The lowest BCUT2D eigenvalue weighted by atomic mass is 10.2. The lowest BCUT2D eigenvalue weighted by Gasteiger charge is -2.05. The van der Waals surface area contributed by atoms with Crippen LogP contribution in [-0.2, 0) is 9.53 Å². The van der Waals surface area contributed by atoms with Gasteiger partial charge in [-0.15, -0.1) is 0 Å². The number of ether oxygens (including phenoxy) is 2. The molecule has 2 heterocycles. The summed E-state index contributed by atoms with van der Waals surface area (Å²) in [4.78, 5) is 22.7. The van der Waals surface area contributed by atoms with Gasteiger partial charge in [0.2, 0.25) is 0 Å². The molecule has 0 atom stereocenters. The number of methoxy groups -OCH3 is 1. The van der Waals surface area contributed by atoms with Crippen LogP contribution in [0.3, 0.4) is 0 Å². The molecule has 0 aliphatic carbocycles. The van der Waals surface area contributed by atoms with Gasteiger partial charge in [0.05, 0.1) is 25.4 Å². The van der Waals surface area contributed by atoms with Crippen molar-refractivity contribution >= 4 is 17.3 Å². The molecule has 0 aliphatic heterocycles. The van der Waals surface area contributed by atoms with E-state index in [1.54, 1.807) is 31.6 Å². The molecule has 20 heavy (non-hydrogen) atoms. The Balaban J connectivity index is 2.05. The van der Waals surface area contributed by atoms with Crippen LogP contribution in [0.2, 0.25) is 0 Å². The first-order valence-electron chi connectivity index (χ1n) is 6.14. The van der Waals surface area contributed by atoms with Crippen molar-refractivity contribution in [1.82, 2.24) is 9.72 Å². The van der Waals surface area contributed by atoms with Crippen molar-refractivity contribution in [2.75, 3.05) is 20.4 Å². The van der Waals surface area contributed by atoms with Gasteiger partial charge >= 0.3 is 5.97 Å². The highest BCUT2D eigenvalue weighted by Gasteiger charge is 2.11. The lowest BCUT2D eigenvalue weighted by molar-refractivity contribution is -0.141. The highest BCUT2D eigenvalue weighted by molar-refractivity contribution is 6.03. The zero-order valence-electron chi connectivity index (χ0n) is 11.4. The first kappa shape index (κ1) is 14.1. The molecule has 2 rings (SSSR count). The number of carbonyl (C=O) groups is 2. The largest absolute Gasteiger partial charge is 0.495 e. The average molecular weight is 276 g/mol. The second-order valence-corrected chi connectivity index (χ2v) is 4.22. The second kappa shape index (κ2) is 6.21. The fourth-order valence-corrected chi connectivity index (χ4v) is 1.86. The van der Waals surface area contributed by atoms with Crippen molar-refractivity contribution < 1.29 is 19.1 Å². The van der Waals surface area contributed by atoms with E-state index in [1.165, 1.54) is 6.92 Å². The normalized spacial score (nSPS) is 10.5. The molecule has 0 saturated heterocycles. The van der Waals surface area contributed by atoms with Crippen molar-refractivity contribution in [1.29, 1.82) is 0 Å². The molecule has 106 valence electrons. The van der Waals surface area contributed by atoms with E-state index in [0.29, 0.717) is 5.56 Å². The highest BCUT2D eigenvalue weighted by atomic mass is 16.5. The molecule has 0 aromatic carbocycles. The minimum Gasteiger partial charge on any atom is -0.495 e. The number of rotatable bonds is 6. The first-order chi connectivity index (χ1) is 9.61. The summed E-state index contributed by atoms with van der Waals surface area (Å²) in [6.07, 6.45) is 3.61. The van der Waals surface area contributed by atoms with Gasteiger partial charge in [0.25, 0.3) is 0 Å². The molecule has 0 unspecified atom stereocenters. The fourth-order valence-electron chi connectivity index (χ4n) is 1.86. The summed E-state index contributed by atoms with van der Waals surface area (Å²) in [5.74, 6) is 0.274. The van der Waals surface area contributed by atoms with Gasteiger partial charge in [0.1, 0.15) is 12.5 Å². The van der Waals surface area contributed by atoms with Crippen molar-refractivity contribution in [2.24, 2.45) is 0 Å². The third kappa shape index (κ3) is 3.16. The van der Waals surface area contributed by atoms with Crippen molar-refractivity contribution in [3.63, 3.8) is 0 Å². The SMILES string of the molecule is COc1ccc2c(C(=O)CNCOC(C)=O)ccn2c1. The van der Waals surface area contributed by atoms with Crippen LogP contribution in [0.25, 0.3) is 5.52 Å².